The molecule has 2 aromatic carbocycles. The van der Waals surface area contributed by atoms with Crippen molar-refractivity contribution in [2.24, 2.45) is 0 Å². The number of carbonyl (C=O) groups is 2. The second kappa shape index (κ2) is 8.50. The quantitative estimate of drug-likeness (QED) is 0.825. The van der Waals surface area contributed by atoms with Crippen molar-refractivity contribution in [3.8, 4) is 6.07 Å². The monoisotopic (exact) mass is 364 g/mol. The maximum atomic E-state index is 12.4. The van der Waals surface area contributed by atoms with Gasteiger partial charge in [-0.25, -0.2) is 4.79 Å². The largest absolute Gasteiger partial charge is 0.467 e. The van der Waals surface area contributed by atoms with E-state index < -0.39 is 12.0 Å². The number of methoxy groups -OCH3 is 1. The standard InChI is InChI=1S/C22H24N2O3/c1-22(2,3)18-11-7-15(8-12-18)13-19(21(26)27-4)24-20(25)17-9-5-16(14-23)6-10-17/h5-12,19H,13H2,1-4H3,(H,24,25)/t19-/m0/s1. The van der Waals surface area contributed by atoms with Gasteiger partial charge in [0.25, 0.3) is 5.91 Å². The summed E-state index contributed by atoms with van der Waals surface area (Å²) in [6.45, 7) is 6.41. The van der Waals surface area contributed by atoms with Crippen LogP contribution in [0.25, 0.3) is 0 Å². The highest BCUT2D eigenvalue weighted by atomic mass is 16.5. The van der Waals surface area contributed by atoms with Gasteiger partial charge in [-0.05, 0) is 40.8 Å². The van der Waals surface area contributed by atoms with Crippen molar-refractivity contribution in [2.75, 3.05) is 7.11 Å². The number of esters is 1. The van der Waals surface area contributed by atoms with Gasteiger partial charge in [-0.2, -0.15) is 5.26 Å². The molecule has 140 valence electrons. The number of hydrogen-bond donors (Lipinski definition) is 1. The minimum Gasteiger partial charge on any atom is -0.467 e. The summed E-state index contributed by atoms with van der Waals surface area (Å²) in [4.78, 5) is 24.6. The number of nitrogens with one attached hydrogen (secondary N) is 1. The van der Waals surface area contributed by atoms with Gasteiger partial charge < -0.3 is 10.1 Å². The lowest BCUT2D eigenvalue weighted by atomic mass is 9.86. The summed E-state index contributed by atoms with van der Waals surface area (Å²) in [5, 5.41) is 11.6. The number of carbonyl (C=O) groups excluding carboxylic acids is 2. The van der Waals surface area contributed by atoms with Crippen LogP contribution in [0.3, 0.4) is 0 Å². The van der Waals surface area contributed by atoms with Gasteiger partial charge in [-0.15, -0.1) is 0 Å². The number of hydrogen-bond acceptors (Lipinski definition) is 4. The predicted molar refractivity (Wildman–Crippen MR) is 103 cm³/mol. The number of nitriles is 1. The average molecular weight is 364 g/mol. The third kappa shape index (κ3) is 5.42. The van der Waals surface area contributed by atoms with E-state index in [1.807, 2.05) is 30.3 Å². The third-order valence-corrected chi connectivity index (χ3v) is 4.33. The van der Waals surface area contributed by atoms with Gasteiger partial charge in [0.2, 0.25) is 0 Å². The van der Waals surface area contributed by atoms with E-state index in [4.69, 9.17) is 10.00 Å². The van der Waals surface area contributed by atoms with Crippen LogP contribution >= 0.6 is 0 Å². The molecule has 5 nitrogen and oxygen atoms in total. The molecule has 5 heteroatoms. The zero-order valence-corrected chi connectivity index (χ0v) is 16.1. The Labute approximate surface area is 160 Å². The van der Waals surface area contributed by atoms with Crippen molar-refractivity contribution >= 4 is 11.9 Å². The van der Waals surface area contributed by atoms with Crippen molar-refractivity contribution in [3.63, 3.8) is 0 Å². The second-order valence-corrected chi connectivity index (χ2v) is 7.39. The molecule has 0 aliphatic carbocycles. The van der Waals surface area contributed by atoms with E-state index in [0.717, 1.165) is 5.56 Å². The second-order valence-electron chi connectivity index (χ2n) is 7.39. The van der Waals surface area contributed by atoms with Crippen LogP contribution in [0, 0.1) is 11.3 Å². The molecule has 0 saturated carbocycles. The normalized spacial score (nSPS) is 12.0. The first-order valence-electron chi connectivity index (χ1n) is 8.73. The fourth-order valence-corrected chi connectivity index (χ4v) is 2.65. The lowest BCUT2D eigenvalue weighted by Gasteiger charge is -2.20. The Balaban J connectivity index is 2.14. The summed E-state index contributed by atoms with van der Waals surface area (Å²) in [7, 11) is 1.30. The van der Waals surface area contributed by atoms with E-state index in [9.17, 15) is 9.59 Å². The number of nitrogens with zero attached hydrogens (tertiary/aromatic N) is 1. The van der Waals surface area contributed by atoms with Crippen molar-refractivity contribution < 1.29 is 14.3 Å². The Kier molecular flexibility index (Phi) is 6.36. The van der Waals surface area contributed by atoms with Gasteiger partial charge in [-0.3, -0.25) is 4.79 Å². The molecule has 0 unspecified atom stereocenters. The summed E-state index contributed by atoms with van der Waals surface area (Å²) in [6.07, 6.45) is 0.332. The van der Waals surface area contributed by atoms with Crippen LogP contribution < -0.4 is 5.32 Å². The molecule has 1 N–H and O–H groups in total. The highest BCUT2D eigenvalue weighted by Gasteiger charge is 2.23. The SMILES string of the molecule is COC(=O)[C@H](Cc1ccc(C(C)(C)C)cc1)NC(=O)c1ccc(C#N)cc1. The fourth-order valence-electron chi connectivity index (χ4n) is 2.65. The summed E-state index contributed by atoms with van der Waals surface area (Å²) >= 11 is 0. The van der Waals surface area contributed by atoms with Crippen LogP contribution in [0.5, 0.6) is 0 Å². The number of rotatable bonds is 5. The molecule has 0 spiro atoms. The predicted octanol–water partition coefficient (Wildman–Crippen LogP) is 3.37. The molecule has 0 aliphatic heterocycles. The first-order chi connectivity index (χ1) is 12.7. The summed E-state index contributed by atoms with van der Waals surface area (Å²) in [5.74, 6) is -0.891. The van der Waals surface area contributed by atoms with E-state index in [1.54, 1.807) is 24.3 Å². The zero-order chi connectivity index (χ0) is 20.0. The molecule has 27 heavy (non-hydrogen) atoms. The van der Waals surface area contributed by atoms with Crippen LogP contribution in [0.15, 0.2) is 48.5 Å². The van der Waals surface area contributed by atoms with Crippen molar-refractivity contribution in [1.29, 1.82) is 5.26 Å². The van der Waals surface area contributed by atoms with Crippen molar-refractivity contribution in [1.82, 2.24) is 5.32 Å². The minimum atomic E-state index is -0.793. The molecule has 1 amide bonds. The smallest absolute Gasteiger partial charge is 0.328 e. The van der Waals surface area contributed by atoms with Gasteiger partial charge in [0.05, 0.1) is 18.7 Å². The molecule has 0 saturated heterocycles. The van der Waals surface area contributed by atoms with Crippen LogP contribution in [0.1, 0.15) is 47.8 Å². The molecule has 0 aromatic heterocycles. The Hall–Kier alpha value is -3.13. The average Bonchev–Trinajstić information content (AvgIpc) is 2.66. The molecule has 2 aromatic rings. The topological polar surface area (TPSA) is 79.2 Å². The number of benzene rings is 2. The highest BCUT2D eigenvalue weighted by Crippen LogP contribution is 2.22. The lowest BCUT2D eigenvalue weighted by Crippen LogP contribution is -2.43. The summed E-state index contributed by atoms with van der Waals surface area (Å²) < 4.78 is 4.84. The molecule has 0 bridgehead atoms. The van der Waals surface area contributed by atoms with E-state index in [2.05, 4.69) is 26.1 Å². The highest BCUT2D eigenvalue weighted by molar-refractivity contribution is 5.96. The van der Waals surface area contributed by atoms with E-state index in [1.165, 1.54) is 12.7 Å². The Morgan fingerprint density at radius 1 is 1.07 bits per heavy atom. The number of amides is 1. The van der Waals surface area contributed by atoms with Crippen LogP contribution in [0.2, 0.25) is 0 Å². The molecule has 0 radical (unpaired) electrons. The minimum absolute atomic E-state index is 0.0457. The van der Waals surface area contributed by atoms with Gasteiger partial charge in [0.15, 0.2) is 0 Å². The summed E-state index contributed by atoms with van der Waals surface area (Å²) in [5.41, 5.74) is 3.02. The van der Waals surface area contributed by atoms with Gasteiger partial charge in [-0.1, -0.05) is 45.0 Å². The van der Waals surface area contributed by atoms with E-state index in [0.29, 0.717) is 17.5 Å². The zero-order valence-electron chi connectivity index (χ0n) is 16.1. The van der Waals surface area contributed by atoms with Gasteiger partial charge in [0.1, 0.15) is 6.04 Å². The first kappa shape index (κ1) is 20.2. The van der Waals surface area contributed by atoms with Crippen LogP contribution in [-0.2, 0) is 21.4 Å². The summed E-state index contributed by atoms with van der Waals surface area (Å²) in [6, 6.07) is 15.4. The Bertz CT molecular complexity index is 841. The molecule has 0 aliphatic rings. The van der Waals surface area contributed by atoms with Crippen molar-refractivity contribution in [3.05, 3.63) is 70.8 Å². The molecule has 0 heterocycles. The maximum Gasteiger partial charge on any atom is 0.328 e. The molecule has 2 rings (SSSR count). The Morgan fingerprint density at radius 3 is 2.15 bits per heavy atom. The molecular formula is C22H24N2O3. The van der Waals surface area contributed by atoms with Crippen LogP contribution in [-0.4, -0.2) is 25.0 Å². The lowest BCUT2D eigenvalue weighted by molar-refractivity contribution is -0.142. The molecule has 1 atom stereocenters. The first-order valence-corrected chi connectivity index (χ1v) is 8.73. The van der Waals surface area contributed by atoms with Crippen molar-refractivity contribution in [2.45, 2.75) is 38.6 Å². The van der Waals surface area contributed by atoms with E-state index >= 15 is 0 Å². The van der Waals surface area contributed by atoms with Gasteiger partial charge in [0, 0.05) is 12.0 Å². The van der Waals surface area contributed by atoms with Gasteiger partial charge >= 0.3 is 5.97 Å². The number of ether oxygens (including phenoxy) is 1. The van der Waals surface area contributed by atoms with E-state index in [-0.39, 0.29) is 11.3 Å². The Morgan fingerprint density at radius 2 is 1.67 bits per heavy atom. The molecule has 0 fully saturated rings. The van der Waals surface area contributed by atoms with Crippen LogP contribution in [0.4, 0.5) is 0 Å². The fraction of sp³-hybridized carbons (Fsp3) is 0.318. The molecular weight excluding hydrogens is 340 g/mol. The maximum absolute atomic E-state index is 12.4. The third-order valence-electron chi connectivity index (χ3n) is 4.33.